The molecule has 0 spiro atoms. The molecule has 1 rings (SSSR count). The first-order valence-corrected chi connectivity index (χ1v) is 8.18. The molecule has 5 heteroatoms. The Morgan fingerprint density at radius 3 is 2.41 bits per heavy atom. The molecule has 1 aliphatic carbocycles. The van der Waals surface area contributed by atoms with Crippen LogP contribution in [0, 0.1) is 5.92 Å². The van der Waals surface area contributed by atoms with Gasteiger partial charge in [-0.2, -0.15) is 0 Å². The molecular weight excluding hydrogens is 236 g/mol. The molecule has 0 amide bonds. The maximum Gasteiger partial charge on any atom is 0.215 e. The lowest BCUT2D eigenvalue weighted by molar-refractivity contribution is 0.531. The molecular formula is C12H26N2O2S. The maximum absolute atomic E-state index is 11.9. The van der Waals surface area contributed by atoms with E-state index in [2.05, 4.69) is 23.9 Å². The Balaban J connectivity index is 2.18. The minimum Gasteiger partial charge on any atom is -0.313 e. The summed E-state index contributed by atoms with van der Waals surface area (Å²) >= 11 is 0. The molecule has 2 N–H and O–H groups in total. The topological polar surface area (TPSA) is 58.2 Å². The fraction of sp³-hybridized carbons (Fsp3) is 1.00. The van der Waals surface area contributed by atoms with Crippen molar-refractivity contribution >= 4 is 10.0 Å². The highest BCUT2D eigenvalue weighted by atomic mass is 32.2. The molecule has 4 nitrogen and oxygen atoms in total. The van der Waals surface area contributed by atoms with Crippen LogP contribution in [-0.2, 0) is 10.0 Å². The lowest BCUT2D eigenvalue weighted by Crippen LogP contribution is -2.39. The van der Waals surface area contributed by atoms with Crippen LogP contribution in [0.1, 0.15) is 46.5 Å². The van der Waals surface area contributed by atoms with Crippen molar-refractivity contribution in [3.8, 4) is 0 Å². The van der Waals surface area contributed by atoms with Crippen LogP contribution in [0.25, 0.3) is 0 Å². The van der Waals surface area contributed by atoms with E-state index in [-0.39, 0.29) is 5.25 Å². The van der Waals surface area contributed by atoms with Gasteiger partial charge in [0.25, 0.3) is 0 Å². The SMILES string of the molecule is CC(C)CCCNS(=O)(=O)C(C)CNC1CC1. The fourth-order valence-electron chi connectivity index (χ4n) is 1.60. The van der Waals surface area contributed by atoms with Gasteiger partial charge >= 0.3 is 0 Å². The fourth-order valence-corrected chi connectivity index (χ4v) is 2.63. The van der Waals surface area contributed by atoms with Crippen LogP contribution in [-0.4, -0.2) is 32.8 Å². The van der Waals surface area contributed by atoms with Crippen LogP contribution in [0.4, 0.5) is 0 Å². The summed E-state index contributed by atoms with van der Waals surface area (Å²) in [7, 11) is -3.14. The molecule has 17 heavy (non-hydrogen) atoms. The molecule has 1 fully saturated rings. The highest BCUT2D eigenvalue weighted by Crippen LogP contribution is 2.18. The van der Waals surface area contributed by atoms with Gasteiger partial charge in [0, 0.05) is 19.1 Å². The molecule has 0 aromatic rings. The molecule has 0 aliphatic heterocycles. The highest BCUT2D eigenvalue weighted by Gasteiger charge is 2.25. The zero-order valence-electron chi connectivity index (χ0n) is 11.2. The van der Waals surface area contributed by atoms with Crippen molar-refractivity contribution in [3.63, 3.8) is 0 Å². The summed E-state index contributed by atoms with van der Waals surface area (Å²) in [5, 5.41) is 2.91. The van der Waals surface area contributed by atoms with Crippen LogP contribution >= 0.6 is 0 Å². The highest BCUT2D eigenvalue weighted by molar-refractivity contribution is 7.90. The number of hydrogen-bond donors (Lipinski definition) is 2. The zero-order chi connectivity index (χ0) is 12.9. The lowest BCUT2D eigenvalue weighted by atomic mass is 10.1. The Kier molecular flexibility index (Phi) is 5.89. The summed E-state index contributed by atoms with van der Waals surface area (Å²) < 4.78 is 26.4. The molecule has 0 bridgehead atoms. The Morgan fingerprint density at radius 2 is 1.88 bits per heavy atom. The molecule has 0 aromatic carbocycles. The van der Waals surface area contributed by atoms with Gasteiger partial charge in [-0.1, -0.05) is 13.8 Å². The average molecular weight is 262 g/mol. The summed E-state index contributed by atoms with van der Waals surface area (Å²) in [6, 6.07) is 0.564. The van der Waals surface area contributed by atoms with Crippen molar-refractivity contribution in [2.75, 3.05) is 13.1 Å². The van der Waals surface area contributed by atoms with E-state index in [9.17, 15) is 8.42 Å². The number of hydrogen-bond acceptors (Lipinski definition) is 3. The first-order valence-electron chi connectivity index (χ1n) is 6.63. The normalized spacial score (nSPS) is 18.6. The van der Waals surface area contributed by atoms with Gasteiger partial charge in [-0.25, -0.2) is 13.1 Å². The van der Waals surface area contributed by atoms with E-state index >= 15 is 0 Å². The minimum absolute atomic E-state index is 0.345. The third kappa shape index (κ3) is 6.38. The van der Waals surface area contributed by atoms with Crippen molar-refractivity contribution in [1.82, 2.24) is 10.0 Å². The van der Waals surface area contributed by atoms with Gasteiger partial charge in [0.2, 0.25) is 10.0 Å². The summed E-state index contributed by atoms with van der Waals surface area (Å²) in [6.07, 6.45) is 4.36. The second-order valence-corrected chi connectivity index (χ2v) is 7.65. The third-order valence-electron chi connectivity index (χ3n) is 3.06. The first kappa shape index (κ1) is 14.9. The standard InChI is InChI=1S/C12H26N2O2S/c1-10(2)5-4-8-14-17(15,16)11(3)9-13-12-6-7-12/h10-14H,4-9H2,1-3H3. The Labute approximate surface area is 106 Å². The molecule has 1 aliphatic rings. The van der Waals surface area contributed by atoms with E-state index < -0.39 is 10.0 Å². The van der Waals surface area contributed by atoms with E-state index in [1.807, 2.05) is 0 Å². The van der Waals surface area contributed by atoms with Gasteiger partial charge in [-0.15, -0.1) is 0 Å². The Bertz CT molecular complexity index is 310. The van der Waals surface area contributed by atoms with E-state index in [4.69, 9.17) is 0 Å². The van der Waals surface area contributed by atoms with Gasteiger partial charge in [0.05, 0.1) is 5.25 Å². The quantitative estimate of drug-likeness (QED) is 0.619. The van der Waals surface area contributed by atoms with Crippen LogP contribution in [0.3, 0.4) is 0 Å². The minimum atomic E-state index is -3.14. The van der Waals surface area contributed by atoms with Crippen LogP contribution in [0.5, 0.6) is 0 Å². The van der Waals surface area contributed by atoms with Crippen molar-refractivity contribution < 1.29 is 8.42 Å². The molecule has 102 valence electrons. The molecule has 1 saturated carbocycles. The number of rotatable bonds is 9. The van der Waals surface area contributed by atoms with E-state index in [0.29, 0.717) is 25.0 Å². The summed E-state index contributed by atoms with van der Waals surface area (Å²) in [5.41, 5.74) is 0. The smallest absolute Gasteiger partial charge is 0.215 e. The van der Waals surface area contributed by atoms with Gasteiger partial charge in [0.15, 0.2) is 0 Å². The van der Waals surface area contributed by atoms with Gasteiger partial charge in [-0.05, 0) is 38.5 Å². The molecule has 0 radical (unpaired) electrons. The lowest BCUT2D eigenvalue weighted by Gasteiger charge is -2.14. The molecule has 0 saturated heterocycles. The molecule has 0 aromatic heterocycles. The van der Waals surface area contributed by atoms with Gasteiger partial charge in [0.1, 0.15) is 0 Å². The van der Waals surface area contributed by atoms with Crippen molar-refractivity contribution in [2.24, 2.45) is 5.92 Å². The van der Waals surface area contributed by atoms with Gasteiger partial charge in [-0.3, -0.25) is 0 Å². The van der Waals surface area contributed by atoms with E-state index in [1.165, 1.54) is 12.8 Å². The first-order chi connectivity index (χ1) is 7.92. The maximum atomic E-state index is 11.9. The summed E-state index contributed by atoms with van der Waals surface area (Å²) in [5.74, 6) is 0.633. The molecule has 1 unspecified atom stereocenters. The van der Waals surface area contributed by atoms with Gasteiger partial charge < -0.3 is 5.32 Å². The van der Waals surface area contributed by atoms with Crippen LogP contribution < -0.4 is 10.0 Å². The third-order valence-corrected chi connectivity index (χ3v) is 4.90. The summed E-state index contributed by atoms with van der Waals surface area (Å²) in [4.78, 5) is 0. The Morgan fingerprint density at radius 1 is 1.24 bits per heavy atom. The van der Waals surface area contributed by atoms with Crippen LogP contribution in [0.15, 0.2) is 0 Å². The monoisotopic (exact) mass is 262 g/mol. The van der Waals surface area contributed by atoms with E-state index in [1.54, 1.807) is 6.92 Å². The predicted molar refractivity (Wildman–Crippen MR) is 71.5 cm³/mol. The van der Waals surface area contributed by atoms with Crippen molar-refractivity contribution in [1.29, 1.82) is 0 Å². The summed E-state index contributed by atoms with van der Waals surface area (Å²) in [6.45, 7) is 7.19. The Hall–Kier alpha value is -0.130. The average Bonchev–Trinajstić information content (AvgIpc) is 3.04. The van der Waals surface area contributed by atoms with Crippen LogP contribution in [0.2, 0.25) is 0 Å². The molecule has 0 heterocycles. The molecule has 1 atom stereocenters. The van der Waals surface area contributed by atoms with E-state index in [0.717, 1.165) is 12.8 Å². The van der Waals surface area contributed by atoms with Crippen molar-refractivity contribution in [2.45, 2.75) is 57.7 Å². The number of nitrogens with one attached hydrogen (secondary N) is 2. The zero-order valence-corrected chi connectivity index (χ0v) is 12.0. The second kappa shape index (κ2) is 6.71. The van der Waals surface area contributed by atoms with Crippen molar-refractivity contribution in [3.05, 3.63) is 0 Å². The largest absolute Gasteiger partial charge is 0.313 e. The number of sulfonamides is 1. The predicted octanol–water partition coefficient (Wildman–Crippen LogP) is 1.48. The second-order valence-electron chi connectivity index (χ2n) is 5.47.